The molecule has 0 saturated carbocycles. The normalized spacial score (nSPS) is 10.4. The van der Waals surface area contributed by atoms with Crippen LogP contribution in [0, 0.1) is 18.3 Å². The number of ketones is 1. The molecule has 114 valence electrons. The molecular formula is C16H11N3O3S. The minimum Gasteiger partial charge on any atom is -0.360 e. The lowest BCUT2D eigenvalue weighted by atomic mass is 10.1. The number of rotatable bonds is 3. The minimum atomic E-state index is -4.25. The van der Waals surface area contributed by atoms with Crippen molar-refractivity contribution in [3.63, 3.8) is 0 Å². The number of Topliss-reactive ketones (excluding diaryl/α,β-unsaturated/α-hetero) is 1. The molecular weight excluding hydrogens is 314 g/mol. The van der Waals surface area contributed by atoms with E-state index in [-0.39, 0.29) is 10.5 Å². The molecule has 0 atom stereocenters. The molecule has 0 unspecified atom stereocenters. The summed E-state index contributed by atoms with van der Waals surface area (Å²) >= 11 is 0. The molecule has 0 radical (unpaired) electrons. The van der Waals surface area contributed by atoms with Crippen LogP contribution in [-0.2, 0) is 9.84 Å². The zero-order chi connectivity index (χ0) is 17.0. The Morgan fingerprint density at radius 1 is 1.09 bits per heavy atom. The maximum absolute atomic E-state index is 12.4. The van der Waals surface area contributed by atoms with Gasteiger partial charge in [-0.05, 0) is 43.3 Å². The van der Waals surface area contributed by atoms with E-state index in [9.17, 15) is 13.2 Å². The molecule has 2 aromatic rings. The summed E-state index contributed by atoms with van der Waals surface area (Å²) in [7, 11) is -4.25. The predicted molar refractivity (Wildman–Crippen MR) is 82.5 cm³/mol. The van der Waals surface area contributed by atoms with Crippen LogP contribution < -0.4 is 0 Å². The molecule has 2 aromatic carbocycles. The maximum atomic E-state index is 12.4. The van der Waals surface area contributed by atoms with Crippen molar-refractivity contribution in [3.05, 3.63) is 70.8 Å². The smallest absolute Gasteiger partial charge is 0.360 e. The summed E-state index contributed by atoms with van der Waals surface area (Å²) in [6.07, 6.45) is 0. The van der Waals surface area contributed by atoms with Crippen LogP contribution in [-0.4, -0.2) is 24.0 Å². The molecule has 6 nitrogen and oxygen atoms in total. The number of carbonyl (C=O) groups is 1. The fraction of sp³-hybridized carbons (Fsp3) is 0.0625. The third-order valence-electron chi connectivity index (χ3n) is 3.15. The lowest BCUT2D eigenvalue weighted by molar-refractivity contribution is -0.00158. The Balaban J connectivity index is 2.46. The second kappa shape index (κ2) is 6.36. The van der Waals surface area contributed by atoms with E-state index >= 15 is 0 Å². The number of aryl methyl sites for hydroxylation is 1. The molecule has 0 spiro atoms. The number of benzene rings is 2. The molecule has 7 heteroatoms. The summed E-state index contributed by atoms with van der Waals surface area (Å²) in [5.74, 6) is -0.947. The lowest BCUT2D eigenvalue weighted by Crippen LogP contribution is -2.26. The van der Waals surface area contributed by atoms with Crippen molar-refractivity contribution in [1.82, 2.24) is 0 Å². The number of carbonyl (C=O) groups excluding carboxylic acids is 1. The van der Waals surface area contributed by atoms with Gasteiger partial charge in [-0.3, -0.25) is 4.79 Å². The van der Waals surface area contributed by atoms with Gasteiger partial charge in [-0.1, -0.05) is 17.7 Å². The SMILES string of the molecule is Cc1ccc(S(=O)(=O)C(=[N+]=[N-])C(=O)c2ccc(C#N)cc2)cc1. The highest BCUT2D eigenvalue weighted by molar-refractivity contribution is 8.08. The summed E-state index contributed by atoms with van der Waals surface area (Å²) in [6.45, 7) is 1.79. The molecule has 0 aliphatic rings. The van der Waals surface area contributed by atoms with Gasteiger partial charge in [0.1, 0.15) is 0 Å². The Hall–Kier alpha value is -3.07. The van der Waals surface area contributed by atoms with Crippen LogP contribution in [0.4, 0.5) is 0 Å². The Morgan fingerprint density at radius 2 is 1.65 bits per heavy atom. The number of hydrogen-bond donors (Lipinski definition) is 0. The first-order valence-corrected chi connectivity index (χ1v) is 7.97. The third kappa shape index (κ3) is 3.24. The van der Waals surface area contributed by atoms with Gasteiger partial charge in [0.15, 0.2) is 0 Å². The Bertz CT molecular complexity index is 947. The van der Waals surface area contributed by atoms with Crippen LogP contribution >= 0.6 is 0 Å². The van der Waals surface area contributed by atoms with E-state index in [4.69, 9.17) is 10.8 Å². The highest BCUT2D eigenvalue weighted by Crippen LogP contribution is 2.16. The summed E-state index contributed by atoms with van der Waals surface area (Å²) in [4.78, 5) is 14.9. The van der Waals surface area contributed by atoms with Gasteiger partial charge in [0.25, 0.3) is 15.6 Å². The van der Waals surface area contributed by atoms with Crippen LogP contribution in [0.15, 0.2) is 53.4 Å². The molecule has 0 amide bonds. The molecule has 2 rings (SSSR count). The fourth-order valence-corrected chi connectivity index (χ4v) is 3.06. The van der Waals surface area contributed by atoms with E-state index in [0.717, 1.165) is 5.56 Å². The second-order valence-electron chi connectivity index (χ2n) is 4.74. The fourth-order valence-electron chi connectivity index (χ4n) is 1.87. The van der Waals surface area contributed by atoms with E-state index in [1.165, 1.54) is 36.4 Å². The Kier molecular flexibility index (Phi) is 4.51. The molecule has 0 aliphatic heterocycles. The van der Waals surface area contributed by atoms with Crippen molar-refractivity contribution in [2.75, 3.05) is 0 Å². The summed E-state index contributed by atoms with van der Waals surface area (Å²) in [5, 5.41) is 7.76. The molecule has 23 heavy (non-hydrogen) atoms. The number of nitriles is 1. The number of sulfone groups is 1. The zero-order valence-electron chi connectivity index (χ0n) is 12.1. The van der Waals surface area contributed by atoms with E-state index in [1.54, 1.807) is 19.1 Å². The van der Waals surface area contributed by atoms with Gasteiger partial charge < -0.3 is 5.53 Å². The van der Waals surface area contributed by atoms with Crippen molar-refractivity contribution < 1.29 is 18.0 Å². The van der Waals surface area contributed by atoms with Crippen LogP contribution in [0.1, 0.15) is 21.5 Å². The van der Waals surface area contributed by atoms with E-state index in [1.807, 2.05) is 6.07 Å². The van der Waals surface area contributed by atoms with Crippen LogP contribution in [0.2, 0.25) is 0 Å². The molecule has 0 fully saturated rings. The van der Waals surface area contributed by atoms with Gasteiger partial charge in [-0.2, -0.15) is 5.26 Å². The Labute approximate surface area is 133 Å². The van der Waals surface area contributed by atoms with Gasteiger partial charge >= 0.3 is 5.04 Å². The van der Waals surface area contributed by atoms with Gasteiger partial charge in [-0.15, -0.1) is 4.79 Å². The highest BCUT2D eigenvalue weighted by atomic mass is 32.2. The van der Waals surface area contributed by atoms with Crippen LogP contribution in [0.5, 0.6) is 0 Å². The largest absolute Gasteiger partial charge is 0.456 e. The topological polar surface area (TPSA) is 111 Å². The van der Waals surface area contributed by atoms with Crippen LogP contribution in [0.25, 0.3) is 5.53 Å². The second-order valence-corrected chi connectivity index (χ2v) is 6.60. The molecule has 0 heterocycles. The third-order valence-corrected chi connectivity index (χ3v) is 4.82. The maximum Gasteiger partial charge on any atom is 0.456 e. The van der Waals surface area contributed by atoms with E-state index in [0.29, 0.717) is 5.56 Å². The zero-order valence-corrected chi connectivity index (χ0v) is 12.9. The van der Waals surface area contributed by atoms with Crippen molar-refractivity contribution >= 4 is 20.7 Å². The van der Waals surface area contributed by atoms with Crippen molar-refractivity contribution in [3.8, 4) is 6.07 Å². The van der Waals surface area contributed by atoms with Crippen molar-refractivity contribution in [1.29, 1.82) is 5.26 Å². The molecule has 0 aromatic heterocycles. The summed E-state index contributed by atoms with van der Waals surface area (Å²) < 4.78 is 24.9. The van der Waals surface area contributed by atoms with Crippen molar-refractivity contribution in [2.24, 2.45) is 0 Å². The summed E-state index contributed by atoms with van der Waals surface area (Å²) in [6, 6.07) is 13.1. The first-order valence-electron chi connectivity index (χ1n) is 6.49. The minimum absolute atomic E-state index is 0.00693. The van der Waals surface area contributed by atoms with E-state index < -0.39 is 20.7 Å². The van der Waals surface area contributed by atoms with Crippen molar-refractivity contribution in [2.45, 2.75) is 11.8 Å². The monoisotopic (exact) mass is 325 g/mol. The number of hydrogen-bond acceptors (Lipinski definition) is 4. The molecule has 0 N–H and O–H groups in total. The Morgan fingerprint density at radius 3 is 2.13 bits per heavy atom. The molecule has 0 aliphatic carbocycles. The predicted octanol–water partition coefficient (Wildman–Crippen LogP) is 2.15. The first kappa shape index (κ1) is 16.3. The highest BCUT2D eigenvalue weighted by Gasteiger charge is 2.38. The molecule has 0 saturated heterocycles. The van der Waals surface area contributed by atoms with Gasteiger partial charge in [-0.25, -0.2) is 8.42 Å². The average Bonchev–Trinajstić information content (AvgIpc) is 2.55. The first-order chi connectivity index (χ1) is 10.9. The standard InChI is InChI=1S/C16H11N3O3S/c1-11-2-8-14(9-3-11)23(21,22)16(19-18)15(20)13-6-4-12(10-17)5-7-13/h2-9H,1H3. The van der Waals surface area contributed by atoms with Gasteiger partial charge in [0.2, 0.25) is 0 Å². The van der Waals surface area contributed by atoms with Gasteiger partial charge in [0, 0.05) is 5.56 Å². The lowest BCUT2D eigenvalue weighted by Gasteiger charge is -2.01. The van der Waals surface area contributed by atoms with Gasteiger partial charge in [0.05, 0.1) is 16.5 Å². The molecule has 0 bridgehead atoms. The summed E-state index contributed by atoms with van der Waals surface area (Å²) in [5.41, 5.74) is 10.2. The average molecular weight is 325 g/mol. The quantitative estimate of drug-likeness (QED) is 0.283. The van der Waals surface area contributed by atoms with E-state index in [2.05, 4.69) is 4.79 Å². The number of nitrogens with zero attached hydrogens (tertiary/aromatic N) is 3. The van der Waals surface area contributed by atoms with Crippen LogP contribution in [0.3, 0.4) is 0 Å².